The fourth-order valence-corrected chi connectivity index (χ4v) is 4.39. The molecule has 4 aromatic carbocycles. The third kappa shape index (κ3) is 4.09. The molecule has 1 aliphatic heterocycles. The number of aromatic hydroxyl groups is 5. The van der Waals surface area contributed by atoms with Crippen LogP contribution in [0.15, 0.2) is 78.9 Å². The van der Waals surface area contributed by atoms with Gasteiger partial charge in [0.05, 0.1) is 5.92 Å². The molecule has 0 unspecified atom stereocenters. The van der Waals surface area contributed by atoms with Crippen molar-refractivity contribution in [1.29, 1.82) is 0 Å². The van der Waals surface area contributed by atoms with Crippen LogP contribution in [0.2, 0.25) is 0 Å². The summed E-state index contributed by atoms with van der Waals surface area (Å²) in [4.78, 5) is 0. The zero-order valence-electron chi connectivity index (χ0n) is 18.0. The van der Waals surface area contributed by atoms with Gasteiger partial charge in [0.25, 0.3) is 0 Å². The Morgan fingerprint density at radius 3 is 1.79 bits per heavy atom. The van der Waals surface area contributed by atoms with Gasteiger partial charge in [0.1, 0.15) is 40.6 Å². The molecule has 0 spiro atoms. The van der Waals surface area contributed by atoms with Gasteiger partial charge in [-0.15, -0.1) is 0 Å². The topological polar surface area (TPSA) is 110 Å². The average Bonchev–Trinajstić information content (AvgIpc) is 3.17. The molecule has 4 aromatic rings. The monoisotopic (exact) mass is 454 g/mol. The van der Waals surface area contributed by atoms with Crippen molar-refractivity contribution in [2.75, 3.05) is 0 Å². The Hall–Kier alpha value is -4.58. The molecule has 5 N–H and O–H groups in total. The average molecular weight is 454 g/mol. The summed E-state index contributed by atoms with van der Waals surface area (Å²) < 4.78 is 6.30. The zero-order valence-corrected chi connectivity index (χ0v) is 18.0. The maximum atomic E-state index is 10.4. The summed E-state index contributed by atoms with van der Waals surface area (Å²) >= 11 is 0. The highest BCUT2D eigenvalue weighted by Crippen LogP contribution is 2.53. The maximum absolute atomic E-state index is 10.4. The largest absolute Gasteiger partial charge is 0.508 e. The van der Waals surface area contributed by atoms with Gasteiger partial charge in [-0.1, -0.05) is 36.4 Å². The van der Waals surface area contributed by atoms with Gasteiger partial charge in [-0.05, 0) is 64.7 Å². The number of rotatable bonds is 4. The normalized spacial score (nSPS) is 16.9. The van der Waals surface area contributed by atoms with Gasteiger partial charge in [0.2, 0.25) is 0 Å². The number of phenolic OH excluding ortho intramolecular Hbond substituents is 5. The van der Waals surface area contributed by atoms with E-state index in [2.05, 4.69) is 0 Å². The Balaban J connectivity index is 1.67. The summed E-state index contributed by atoms with van der Waals surface area (Å²) in [6.45, 7) is 0. The first-order valence-electron chi connectivity index (χ1n) is 10.7. The van der Waals surface area contributed by atoms with Crippen molar-refractivity contribution in [2.24, 2.45) is 0 Å². The molecule has 2 atom stereocenters. The summed E-state index contributed by atoms with van der Waals surface area (Å²) in [5.41, 5.74) is 3.78. The number of benzene rings is 4. The number of hydrogen-bond acceptors (Lipinski definition) is 6. The Kier molecular flexibility index (Phi) is 5.26. The Morgan fingerprint density at radius 2 is 1.15 bits per heavy atom. The van der Waals surface area contributed by atoms with Crippen LogP contribution in [0, 0.1) is 0 Å². The molecule has 0 bridgehead atoms. The number of hydrogen-bond donors (Lipinski definition) is 5. The SMILES string of the molecule is Oc1ccc(/C=C/c2cc(O)cc3c2[C@@H](c2cc(O)cc(O)c2)[C@@H](c2ccc(O)cc2)O3)cc1. The molecule has 6 heteroatoms. The van der Waals surface area contributed by atoms with Gasteiger partial charge < -0.3 is 30.3 Å². The highest BCUT2D eigenvalue weighted by Gasteiger charge is 2.39. The molecule has 34 heavy (non-hydrogen) atoms. The summed E-state index contributed by atoms with van der Waals surface area (Å²) in [5, 5.41) is 50.0. The number of fused-ring (bicyclic) bond motifs is 1. The van der Waals surface area contributed by atoms with E-state index in [9.17, 15) is 25.5 Å². The van der Waals surface area contributed by atoms with Crippen molar-refractivity contribution in [3.8, 4) is 34.5 Å². The fourth-order valence-electron chi connectivity index (χ4n) is 4.39. The van der Waals surface area contributed by atoms with Crippen LogP contribution in [0.3, 0.4) is 0 Å². The van der Waals surface area contributed by atoms with Gasteiger partial charge in [-0.2, -0.15) is 0 Å². The van der Waals surface area contributed by atoms with E-state index >= 15 is 0 Å². The summed E-state index contributed by atoms with van der Waals surface area (Å²) in [7, 11) is 0. The van der Waals surface area contributed by atoms with E-state index in [0.29, 0.717) is 16.9 Å². The first kappa shape index (κ1) is 21.3. The predicted molar refractivity (Wildman–Crippen MR) is 128 cm³/mol. The van der Waals surface area contributed by atoms with Gasteiger partial charge in [0.15, 0.2) is 0 Å². The van der Waals surface area contributed by atoms with Crippen LogP contribution in [-0.4, -0.2) is 25.5 Å². The van der Waals surface area contributed by atoms with Gasteiger partial charge in [-0.3, -0.25) is 0 Å². The molecular weight excluding hydrogens is 432 g/mol. The second-order valence-corrected chi connectivity index (χ2v) is 8.26. The molecule has 0 aliphatic carbocycles. The summed E-state index contributed by atoms with van der Waals surface area (Å²) in [6, 6.07) is 21.0. The van der Waals surface area contributed by atoms with Crippen LogP contribution >= 0.6 is 0 Å². The van der Waals surface area contributed by atoms with Gasteiger partial charge >= 0.3 is 0 Å². The lowest BCUT2D eigenvalue weighted by Crippen LogP contribution is -2.11. The van der Waals surface area contributed by atoms with E-state index in [1.54, 1.807) is 72.8 Å². The molecule has 0 aromatic heterocycles. The fraction of sp³-hybridized carbons (Fsp3) is 0.0714. The van der Waals surface area contributed by atoms with Gasteiger partial charge in [-0.25, -0.2) is 0 Å². The molecule has 0 fully saturated rings. The lowest BCUT2D eigenvalue weighted by Gasteiger charge is -2.21. The van der Waals surface area contributed by atoms with Gasteiger partial charge in [0, 0.05) is 17.7 Å². The molecule has 6 nitrogen and oxygen atoms in total. The van der Waals surface area contributed by atoms with Crippen LogP contribution in [0.1, 0.15) is 39.8 Å². The zero-order chi connectivity index (χ0) is 23.8. The molecule has 0 saturated carbocycles. The molecule has 0 amide bonds. The molecule has 1 heterocycles. The highest BCUT2D eigenvalue weighted by molar-refractivity contribution is 5.75. The van der Waals surface area contributed by atoms with E-state index in [4.69, 9.17) is 4.74 Å². The Labute approximate surface area is 195 Å². The summed E-state index contributed by atoms with van der Waals surface area (Å²) in [6.07, 6.45) is 3.18. The standard InChI is InChI=1S/C28H22O6/c29-20-7-2-16(3-8-20)1-4-18-11-24(33)15-25-26(18)27(19-12-22(31)14-23(32)13-19)28(34-25)17-5-9-21(30)10-6-17/h1-15,27-33H/b4-1+/t27-,28-/m1/s1. The molecule has 0 radical (unpaired) electrons. The number of phenols is 5. The lowest BCUT2D eigenvalue weighted by atomic mass is 9.82. The summed E-state index contributed by atoms with van der Waals surface area (Å²) in [5.74, 6) is 0.243. The quantitative estimate of drug-likeness (QED) is 0.255. The minimum absolute atomic E-state index is 0.0352. The predicted octanol–water partition coefficient (Wildman–Crippen LogP) is 5.65. The van der Waals surface area contributed by atoms with Crippen LogP contribution in [0.5, 0.6) is 34.5 Å². The third-order valence-corrected chi connectivity index (χ3v) is 5.88. The second-order valence-electron chi connectivity index (χ2n) is 8.26. The molecule has 0 saturated heterocycles. The molecule has 1 aliphatic rings. The van der Waals surface area contributed by atoms with Crippen molar-refractivity contribution in [3.05, 3.63) is 107 Å². The van der Waals surface area contributed by atoms with Crippen LogP contribution in [0.25, 0.3) is 12.2 Å². The van der Waals surface area contributed by atoms with E-state index < -0.39 is 12.0 Å². The Bertz CT molecular complexity index is 1350. The van der Waals surface area contributed by atoms with Crippen LogP contribution in [0.4, 0.5) is 0 Å². The van der Waals surface area contributed by atoms with E-state index in [0.717, 1.165) is 16.7 Å². The van der Waals surface area contributed by atoms with E-state index in [1.807, 2.05) is 12.2 Å². The minimum Gasteiger partial charge on any atom is -0.508 e. The van der Waals surface area contributed by atoms with E-state index in [-0.39, 0.29) is 28.7 Å². The third-order valence-electron chi connectivity index (χ3n) is 5.88. The van der Waals surface area contributed by atoms with Crippen LogP contribution in [-0.2, 0) is 0 Å². The minimum atomic E-state index is -0.528. The van der Waals surface area contributed by atoms with Crippen molar-refractivity contribution >= 4 is 12.2 Å². The van der Waals surface area contributed by atoms with Crippen molar-refractivity contribution in [2.45, 2.75) is 12.0 Å². The first-order chi connectivity index (χ1) is 16.4. The van der Waals surface area contributed by atoms with E-state index in [1.165, 1.54) is 6.07 Å². The smallest absolute Gasteiger partial charge is 0.135 e. The van der Waals surface area contributed by atoms with Crippen molar-refractivity contribution < 1.29 is 30.3 Å². The van der Waals surface area contributed by atoms with Crippen molar-refractivity contribution in [1.82, 2.24) is 0 Å². The molecule has 5 rings (SSSR count). The first-order valence-corrected chi connectivity index (χ1v) is 10.7. The number of ether oxygens (including phenoxy) is 1. The highest BCUT2D eigenvalue weighted by atomic mass is 16.5. The second kappa shape index (κ2) is 8.41. The molecular formula is C28H22O6. The lowest BCUT2D eigenvalue weighted by molar-refractivity contribution is 0.221. The van der Waals surface area contributed by atoms with Crippen LogP contribution < -0.4 is 4.74 Å². The Morgan fingerprint density at radius 1 is 0.559 bits per heavy atom. The molecule has 170 valence electrons. The maximum Gasteiger partial charge on any atom is 0.135 e. The van der Waals surface area contributed by atoms with Crippen molar-refractivity contribution in [3.63, 3.8) is 0 Å².